The summed E-state index contributed by atoms with van der Waals surface area (Å²) in [5, 5.41) is 17.2. The van der Waals surface area contributed by atoms with Crippen LogP contribution in [0.15, 0.2) is 0 Å². The molecule has 0 amide bonds. The van der Waals surface area contributed by atoms with Crippen molar-refractivity contribution >= 4 is 5.97 Å². The molecule has 0 heterocycles. The maximum absolute atomic E-state index is 11.8. The van der Waals surface area contributed by atoms with Gasteiger partial charge in [-0.25, -0.2) is 0 Å². The molecule has 14 heavy (non-hydrogen) atoms. The van der Waals surface area contributed by atoms with Gasteiger partial charge in [0.1, 0.15) is 12.7 Å². The lowest BCUT2D eigenvalue weighted by atomic mass is 10.2. The van der Waals surface area contributed by atoms with Crippen molar-refractivity contribution in [2.45, 2.75) is 31.7 Å². The summed E-state index contributed by atoms with van der Waals surface area (Å²) in [5.74, 6) is -0.738. The van der Waals surface area contributed by atoms with Crippen LogP contribution in [0.25, 0.3) is 0 Å². The highest BCUT2D eigenvalue weighted by Crippen LogP contribution is 2.22. The second-order valence-corrected chi connectivity index (χ2v) is 2.59. The average molecular weight is 216 g/mol. The summed E-state index contributed by atoms with van der Waals surface area (Å²) in [4.78, 5) is 10.5. The molecule has 2 N–H and O–H groups in total. The van der Waals surface area contributed by atoms with Gasteiger partial charge in [-0.15, -0.1) is 0 Å². The van der Waals surface area contributed by atoms with Crippen molar-refractivity contribution in [3.8, 4) is 0 Å². The van der Waals surface area contributed by atoms with Gasteiger partial charge in [0.2, 0.25) is 0 Å². The second kappa shape index (κ2) is 5.16. The SMILES string of the molecule is CCC(=O)OCC(O)C(O)C(F)(F)F. The highest BCUT2D eigenvalue weighted by molar-refractivity contribution is 5.68. The van der Waals surface area contributed by atoms with Gasteiger partial charge < -0.3 is 14.9 Å². The van der Waals surface area contributed by atoms with Crippen molar-refractivity contribution in [3.63, 3.8) is 0 Å². The van der Waals surface area contributed by atoms with E-state index in [-0.39, 0.29) is 6.42 Å². The normalized spacial score (nSPS) is 16.1. The number of carbonyl (C=O) groups excluding carboxylic acids is 1. The number of aliphatic hydroxyl groups is 2. The summed E-state index contributed by atoms with van der Waals surface area (Å²) in [6, 6.07) is 0. The van der Waals surface area contributed by atoms with Gasteiger partial charge in [-0.2, -0.15) is 13.2 Å². The largest absolute Gasteiger partial charge is 0.463 e. The molecule has 84 valence electrons. The summed E-state index contributed by atoms with van der Waals surface area (Å²) in [7, 11) is 0. The van der Waals surface area contributed by atoms with Crippen molar-refractivity contribution in [1.29, 1.82) is 0 Å². The van der Waals surface area contributed by atoms with E-state index in [2.05, 4.69) is 4.74 Å². The third-order valence-electron chi connectivity index (χ3n) is 1.40. The van der Waals surface area contributed by atoms with Crippen LogP contribution in [0, 0.1) is 0 Å². The molecule has 0 aromatic heterocycles. The van der Waals surface area contributed by atoms with Crippen LogP contribution in [0.5, 0.6) is 0 Å². The Kier molecular flexibility index (Phi) is 4.86. The van der Waals surface area contributed by atoms with E-state index in [1.165, 1.54) is 6.92 Å². The molecule has 0 aliphatic carbocycles. The first-order valence-electron chi connectivity index (χ1n) is 3.87. The van der Waals surface area contributed by atoms with Crippen molar-refractivity contribution in [3.05, 3.63) is 0 Å². The zero-order valence-corrected chi connectivity index (χ0v) is 7.41. The van der Waals surface area contributed by atoms with E-state index in [0.717, 1.165) is 0 Å². The van der Waals surface area contributed by atoms with E-state index in [1.807, 2.05) is 0 Å². The highest BCUT2D eigenvalue weighted by atomic mass is 19.4. The van der Waals surface area contributed by atoms with Crippen LogP contribution in [0.1, 0.15) is 13.3 Å². The Balaban J connectivity index is 3.96. The van der Waals surface area contributed by atoms with Gasteiger partial charge in [-0.05, 0) is 0 Å². The number of hydrogen-bond acceptors (Lipinski definition) is 4. The van der Waals surface area contributed by atoms with Crippen molar-refractivity contribution in [2.75, 3.05) is 6.61 Å². The molecule has 0 saturated carbocycles. The predicted molar refractivity (Wildman–Crippen MR) is 39.3 cm³/mol. The molecule has 0 aromatic rings. The fourth-order valence-corrected chi connectivity index (χ4v) is 0.590. The Bertz CT molecular complexity index is 192. The molecule has 0 bridgehead atoms. The fourth-order valence-electron chi connectivity index (χ4n) is 0.590. The lowest BCUT2D eigenvalue weighted by molar-refractivity contribution is -0.235. The minimum Gasteiger partial charge on any atom is -0.463 e. The number of hydrogen-bond donors (Lipinski definition) is 2. The van der Waals surface area contributed by atoms with E-state index >= 15 is 0 Å². The number of carbonyl (C=O) groups is 1. The lowest BCUT2D eigenvalue weighted by Crippen LogP contribution is -2.42. The van der Waals surface area contributed by atoms with E-state index in [0.29, 0.717) is 0 Å². The molecule has 0 fully saturated rings. The summed E-state index contributed by atoms with van der Waals surface area (Å²) >= 11 is 0. The third-order valence-corrected chi connectivity index (χ3v) is 1.40. The van der Waals surface area contributed by atoms with Crippen LogP contribution in [-0.4, -0.2) is 41.2 Å². The minimum atomic E-state index is -4.92. The standard InChI is InChI=1S/C7H11F3O4/c1-2-5(12)14-3-4(11)6(13)7(8,9)10/h4,6,11,13H,2-3H2,1H3. The quantitative estimate of drug-likeness (QED) is 0.660. The molecule has 0 saturated heterocycles. The maximum atomic E-state index is 11.8. The van der Waals surface area contributed by atoms with Crippen LogP contribution < -0.4 is 0 Å². The number of rotatable bonds is 4. The molecule has 7 heteroatoms. The first kappa shape index (κ1) is 13.2. The molecule has 0 rings (SSSR count). The molecule has 0 aliphatic rings. The first-order chi connectivity index (χ1) is 6.29. The van der Waals surface area contributed by atoms with Gasteiger partial charge in [-0.3, -0.25) is 4.79 Å². The third kappa shape index (κ3) is 4.43. The van der Waals surface area contributed by atoms with Crippen LogP contribution >= 0.6 is 0 Å². The first-order valence-corrected chi connectivity index (χ1v) is 3.87. The number of esters is 1. The molecule has 0 aliphatic heterocycles. The smallest absolute Gasteiger partial charge is 0.417 e. The Hall–Kier alpha value is -0.820. The summed E-state index contributed by atoms with van der Waals surface area (Å²) in [5.41, 5.74) is 0. The van der Waals surface area contributed by atoms with E-state index in [9.17, 15) is 18.0 Å². The van der Waals surface area contributed by atoms with Crippen LogP contribution in [0.2, 0.25) is 0 Å². The molecule has 2 atom stereocenters. The van der Waals surface area contributed by atoms with Crippen LogP contribution in [-0.2, 0) is 9.53 Å². The van der Waals surface area contributed by atoms with E-state index in [1.54, 1.807) is 0 Å². The monoisotopic (exact) mass is 216 g/mol. The van der Waals surface area contributed by atoms with Gasteiger partial charge in [0.15, 0.2) is 6.10 Å². The number of ether oxygens (including phenoxy) is 1. The Morgan fingerprint density at radius 2 is 1.93 bits per heavy atom. The van der Waals surface area contributed by atoms with Gasteiger partial charge >= 0.3 is 12.1 Å². The summed E-state index contributed by atoms with van der Waals surface area (Å²) < 4.78 is 39.5. The van der Waals surface area contributed by atoms with Crippen LogP contribution in [0.4, 0.5) is 13.2 Å². The second-order valence-electron chi connectivity index (χ2n) is 2.59. The lowest BCUT2D eigenvalue weighted by Gasteiger charge is -2.19. The molecule has 0 aromatic carbocycles. The highest BCUT2D eigenvalue weighted by Gasteiger charge is 2.43. The van der Waals surface area contributed by atoms with Gasteiger partial charge in [0.25, 0.3) is 0 Å². The zero-order valence-electron chi connectivity index (χ0n) is 7.41. The Morgan fingerprint density at radius 3 is 2.29 bits per heavy atom. The maximum Gasteiger partial charge on any atom is 0.417 e. The molecule has 2 unspecified atom stereocenters. The predicted octanol–water partition coefficient (Wildman–Crippen LogP) is 0.224. The topological polar surface area (TPSA) is 66.8 Å². The molecule has 0 spiro atoms. The number of alkyl halides is 3. The minimum absolute atomic E-state index is 0.00513. The summed E-state index contributed by atoms with van der Waals surface area (Å²) in [6.07, 6.45) is -9.97. The number of halogens is 3. The van der Waals surface area contributed by atoms with Crippen molar-refractivity contribution in [2.24, 2.45) is 0 Å². The molecule has 0 radical (unpaired) electrons. The number of aliphatic hydroxyl groups excluding tert-OH is 2. The average Bonchev–Trinajstić information content (AvgIpc) is 2.10. The van der Waals surface area contributed by atoms with Crippen molar-refractivity contribution in [1.82, 2.24) is 0 Å². The van der Waals surface area contributed by atoms with Gasteiger partial charge in [0.05, 0.1) is 0 Å². The van der Waals surface area contributed by atoms with Crippen molar-refractivity contribution < 1.29 is 32.9 Å². The Labute approximate surface area is 78.3 Å². The van der Waals surface area contributed by atoms with E-state index in [4.69, 9.17) is 10.2 Å². The molecule has 4 nitrogen and oxygen atoms in total. The molecular formula is C7H11F3O4. The summed E-state index contributed by atoms with van der Waals surface area (Å²) in [6.45, 7) is 0.586. The molecular weight excluding hydrogens is 205 g/mol. The van der Waals surface area contributed by atoms with Gasteiger partial charge in [-0.1, -0.05) is 6.92 Å². The fraction of sp³-hybridized carbons (Fsp3) is 0.857. The zero-order chi connectivity index (χ0) is 11.4. The Morgan fingerprint density at radius 1 is 1.43 bits per heavy atom. The van der Waals surface area contributed by atoms with E-state index < -0.39 is 31.0 Å². The van der Waals surface area contributed by atoms with Crippen LogP contribution in [0.3, 0.4) is 0 Å². The van der Waals surface area contributed by atoms with Gasteiger partial charge in [0, 0.05) is 6.42 Å².